The zero-order chi connectivity index (χ0) is 26.4. The monoisotopic (exact) mass is 670 g/mol. The Morgan fingerprint density at radius 2 is 0.610 bits per heavy atom. The summed E-state index contributed by atoms with van der Waals surface area (Å²) in [6.07, 6.45) is 10.4. The molecule has 0 aromatic carbocycles. The van der Waals surface area contributed by atoms with Crippen molar-refractivity contribution in [2.45, 2.75) is 0 Å². The molecule has 0 bridgehead atoms. The zero-order valence-corrected chi connectivity index (χ0v) is 24.9. The molecule has 0 atom stereocenters. The van der Waals surface area contributed by atoms with Crippen LogP contribution < -0.4 is 36.3 Å². The number of nitrogens with two attached hydrogens (primary N) is 2. The van der Waals surface area contributed by atoms with Crippen LogP contribution in [0.25, 0.3) is 34.2 Å². The molecule has 0 fully saturated rings. The van der Waals surface area contributed by atoms with Crippen LogP contribution in [0.15, 0.2) is 134 Å². The van der Waals surface area contributed by atoms with Gasteiger partial charge in [0.25, 0.3) is 0 Å². The first-order chi connectivity index (χ1) is 18.7. The summed E-state index contributed by atoms with van der Waals surface area (Å²) in [6, 6.07) is 30.2. The molecule has 6 aromatic heterocycles. The van der Waals surface area contributed by atoms with Crippen LogP contribution in [-0.4, -0.2) is 29.9 Å². The van der Waals surface area contributed by atoms with Gasteiger partial charge in [0, 0.05) is 48.6 Å². The van der Waals surface area contributed by atoms with Crippen LogP contribution in [0.1, 0.15) is 0 Å². The third-order valence-electron chi connectivity index (χ3n) is 5.01. The predicted octanol–water partition coefficient (Wildman–Crippen LogP) is -0.399. The molecule has 8 nitrogen and oxygen atoms in total. The van der Waals surface area contributed by atoms with Crippen molar-refractivity contribution in [2.24, 2.45) is 0 Å². The van der Waals surface area contributed by atoms with Crippen LogP contribution >= 0.6 is 0 Å². The minimum atomic E-state index is 0. The molecule has 0 spiro atoms. The summed E-state index contributed by atoms with van der Waals surface area (Å²) in [4.78, 5) is 25.1. The number of nitrogens with zero attached hydrogens (tertiary/aromatic N) is 6. The molecule has 6 aromatic rings. The Bertz CT molecular complexity index is 1340. The number of anilines is 2. The van der Waals surface area contributed by atoms with E-state index in [4.69, 9.17) is 11.5 Å². The van der Waals surface area contributed by atoms with Crippen LogP contribution in [-0.2, 0) is 19.5 Å². The van der Waals surface area contributed by atoms with Gasteiger partial charge in [-0.25, -0.2) is 0 Å². The average Bonchev–Trinajstić information content (AvgIpc) is 3.00. The van der Waals surface area contributed by atoms with Crippen LogP contribution in [0.3, 0.4) is 0 Å². The smallest absolute Gasteiger partial charge is 1.00 e. The fourth-order valence-electron chi connectivity index (χ4n) is 3.23. The van der Waals surface area contributed by atoms with Crippen molar-refractivity contribution in [3.63, 3.8) is 0 Å². The van der Waals surface area contributed by atoms with Crippen LogP contribution in [0.2, 0.25) is 0 Å². The van der Waals surface area contributed by atoms with Crippen LogP contribution in [0, 0.1) is 0 Å². The maximum Gasteiger partial charge on any atom is 2.00 e. The van der Waals surface area contributed by atoms with Gasteiger partial charge in [0.05, 0.1) is 34.2 Å². The van der Waals surface area contributed by atoms with Crippen molar-refractivity contribution in [3.05, 3.63) is 134 Å². The first-order valence-electron chi connectivity index (χ1n) is 11.8. The molecule has 0 saturated carbocycles. The number of rotatable bonds is 3. The molecule has 0 radical (unpaired) electrons. The SMILES string of the molecule is Nc1ccnc(-c2cc(N)ccn2)c1.[Cl-].[Cl-].[Ru+2].c1ccc(-c2ccccn2)nc1.c1ccc(-c2ccccn2)nc1. The average molecular weight is 671 g/mol. The molecule has 4 N–H and O–H groups in total. The van der Waals surface area contributed by atoms with Crippen molar-refractivity contribution < 1.29 is 44.3 Å². The van der Waals surface area contributed by atoms with E-state index >= 15 is 0 Å². The molecule has 0 saturated heterocycles. The summed E-state index contributed by atoms with van der Waals surface area (Å²) in [7, 11) is 0. The third-order valence-corrected chi connectivity index (χ3v) is 5.01. The van der Waals surface area contributed by atoms with Crippen molar-refractivity contribution in [1.29, 1.82) is 0 Å². The second-order valence-corrected chi connectivity index (χ2v) is 7.81. The van der Waals surface area contributed by atoms with Crippen LogP contribution in [0.4, 0.5) is 11.4 Å². The van der Waals surface area contributed by atoms with Gasteiger partial charge in [-0.15, -0.1) is 0 Å². The van der Waals surface area contributed by atoms with E-state index in [1.807, 2.05) is 72.8 Å². The molecular formula is C30H26Cl2N8Ru. The zero-order valence-electron chi connectivity index (χ0n) is 21.6. The minimum Gasteiger partial charge on any atom is -1.00 e. The number of nitrogen functional groups attached to an aromatic ring is 2. The number of hydrogen-bond acceptors (Lipinski definition) is 8. The Kier molecular flexibility index (Phi) is 16.0. The molecule has 11 heteroatoms. The van der Waals surface area contributed by atoms with E-state index in [2.05, 4.69) is 29.9 Å². The second-order valence-electron chi connectivity index (χ2n) is 7.81. The van der Waals surface area contributed by atoms with E-state index in [0.29, 0.717) is 11.4 Å². The molecule has 0 unspecified atom stereocenters. The molecule has 208 valence electrons. The molecule has 0 aliphatic rings. The molecule has 6 heterocycles. The minimum absolute atomic E-state index is 0. The van der Waals surface area contributed by atoms with Gasteiger partial charge in [0.2, 0.25) is 0 Å². The summed E-state index contributed by atoms with van der Waals surface area (Å²) >= 11 is 0. The summed E-state index contributed by atoms with van der Waals surface area (Å²) in [5.41, 5.74) is 17.7. The fourth-order valence-corrected chi connectivity index (χ4v) is 3.23. The van der Waals surface area contributed by atoms with Crippen molar-refractivity contribution in [2.75, 3.05) is 11.5 Å². The fraction of sp³-hybridized carbons (Fsp3) is 0. The number of halogens is 2. The number of aromatic nitrogens is 6. The molecule has 41 heavy (non-hydrogen) atoms. The van der Waals surface area contributed by atoms with Gasteiger partial charge in [-0.1, -0.05) is 24.3 Å². The Hall–Kier alpha value is -4.30. The van der Waals surface area contributed by atoms with Gasteiger partial charge in [0.1, 0.15) is 0 Å². The maximum absolute atomic E-state index is 5.63. The van der Waals surface area contributed by atoms with E-state index in [-0.39, 0.29) is 44.3 Å². The van der Waals surface area contributed by atoms with Crippen molar-refractivity contribution >= 4 is 11.4 Å². The molecule has 0 amide bonds. The molecule has 6 rings (SSSR count). The Labute approximate surface area is 264 Å². The quantitative estimate of drug-likeness (QED) is 0.244. The normalized spacial score (nSPS) is 9.07. The summed E-state index contributed by atoms with van der Waals surface area (Å²) < 4.78 is 0. The maximum atomic E-state index is 5.63. The molecular weight excluding hydrogens is 644 g/mol. The van der Waals surface area contributed by atoms with Gasteiger partial charge in [-0.05, 0) is 72.8 Å². The van der Waals surface area contributed by atoms with E-state index in [1.165, 1.54) is 0 Å². The topological polar surface area (TPSA) is 129 Å². The number of pyridine rings is 6. The third kappa shape index (κ3) is 11.4. The standard InChI is InChI=1S/C10H10N4.2C10H8N2.2ClH.Ru/c11-7-1-3-13-9(5-7)10-6-8(12)2-4-14-10;2*1-3-7-11-9(5-1)10-6-2-4-8-12-10;;;/h1-6H,(H2,11,13)(H2,12,14);2*1-8H;2*1H;/q;;;;;+2/p-2. The molecule has 0 aliphatic carbocycles. The van der Waals surface area contributed by atoms with Gasteiger partial charge in [-0.3, -0.25) is 29.9 Å². The van der Waals surface area contributed by atoms with Crippen molar-refractivity contribution in [3.8, 4) is 34.2 Å². The summed E-state index contributed by atoms with van der Waals surface area (Å²) in [5.74, 6) is 0. The second kappa shape index (κ2) is 18.9. The molecule has 0 aliphatic heterocycles. The van der Waals surface area contributed by atoms with E-state index in [9.17, 15) is 0 Å². The van der Waals surface area contributed by atoms with Gasteiger partial charge < -0.3 is 36.3 Å². The predicted molar refractivity (Wildman–Crippen MR) is 151 cm³/mol. The number of hydrogen-bond donors (Lipinski definition) is 2. The van der Waals surface area contributed by atoms with Gasteiger partial charge in [-0.2, -0.15) is 0 Å². The Morgan fingerprint density at radius 1 is 0.341 bits per heavy atom. The van der Waals surface area contributed by atoms with E-state index in [0.717, 1.165) is 34.2 Å². The summed E-state index contributed by atoms with van der Waals surface area (Å²) in [5, 5.41) is 0. The van der Waals surface area contributed by atoms with Gasteiger partial charge in [0.15, 0.2) is 0 Å². The first-order valence-corrected chi connectivity index (χ1v) is 11.8. The van der Waals surface area contributed by atoms with Gasteiger partial charge >= 0.3 is 19.5 Å². The van der Waals surface area contributed by atoms with Crippen molar-refractivity contribution in [1.82, 2.24) is 29.9 Å². The largest absolute Gasteiger partial charge is 2.00 e. The van der Waals surface area contributed by atoms with E-state index < -0.39 is 0 Å². The van der Waals surface area contributed by atoms with E-state index in [1.54, 1.807) is 61.4 Å². The summed E-state index contributed by atoms with van der Waals surface area (Å²) in [6.45, 7) is 0. The Balaban J connectivity index is 0.000000298. The van der Waals surface area contributed by atoms with Crippen LogP contribution in [0.5, 0.6) is 0 Å². The Morgan fingerprint density at radius 3 is 0.829 bits per heavy atom. The first kappa shape index (κ1) is 34.7.